The fraction of sp³-hybridized carbons (Fsp3) is 0.355. The number of ether oxygens (including phenoxy) is 2. The van der Waals surface area contributed by atoms with Crippen LogP contribution in [0.5, 0.6) is 11.5 Å². The monoisotopic (exact) mass is 511 g/mol. The Balaban J connectivity index is 1.18. The molecule has 0 spiro atoms. The van der Waals surface area contributed by atoms with Crippen molar-refractivity contribution in [2.24, 2.45) is 0 Å². The van der Waals surface area contributed by atoms with Gasteiger partial charge in [0.1, 0.15) is 0 Å². The van der Waals surface area contributed by atoms with Crippen molar-refractivity contribution in [2.75, 3.05) is 38.8 Å². The van der Waals surface area contributed by atoms with Crippen LogP contribution in [0.1, 0.15) is 44.7 Å². The molecule has 0 aliphatic carbocycles. The molecule has 0 aromatic heterocycles. The van der Waals surface area contributed by atoms with Gasteiger partial charge in [-0.3, -0.25) is 19.4 Å². The Morgan fingerprint density at radius 1 is 0.789 bits per heavy atom. The third kappa shape index (κ3) is 4.31. The number of rotatable bonds is 8. The topological polar surface area (TPSA) is 62.3 Å². The molecule has 3 aliphatic rings. The second-order valence-electron chi connectivity index (χ2n) is 10.3. The zero-order chi connectivity index (χ0) is 26.2. The van der Waals surface area contributed by atoms with Gasteiger partial charge in [-0.2, -0.15) is 0 Å². The van der Waals surface area contributed by atoms with Crippen LogP contribution in [0, 0.1) is 0 Å². The number of amides is 2. The molecule has 6 rings (SSSR count). The van der Waals surface area contributed by atoms with E-state index in [1.807, 2.05) is 30.3 Å². The maximum absolute atomic E-state index is 13.6. The second-order valence-corrected chi connectivity index (χ2v) is 10.3. The molecule has 0 radical (unpaired) electrons. The number of benzene rings is 3. The first-order valence-electron chi connectivity index (χ1n) is 13.3. The summed E-state index contributed by atoms with van der Waals surface area (Å²) in [4.78, 5) is 33.3. The molecular weight excluding hydrogens is 478 g/mol. The Hall–Kier alpha value is -3.84. The fourth-order valence-electron chi connectivity index (χ4n) is 6.30. The van der Waals surface area contributed by atoms with Crippen LogP contribution in [-0.2, 0) is 13.0 Å². The van der Waals surface area contributed by atoms with Gasteiger partial charge in [0, 0.05) is 38.3 Å². The number of nitrogens with zero attached hydrogens (tertiary/aromatic N) is 3. The number of fused-ring (bicyclic) bond motifs is 3. The zero-order valence-corrected chi connectivity index (χ0v) is 21.9. The van der Waals surface area contributed by atoms with Gasteiger partial charge in [-0.25, -0.2) is 0 Å². The third-order valence-corrected chi connectivity index (χ3v) is 8.23. The molecule has 38 heavy (non-hydrogen) atoms. The SMILES string of the molecule is COc1ccc(CCN2C(=O)c3cccc(N4CC5CCC(C4)N5Cc4ccccc4)c3C2=O)cc1OC. The largest absolute Gasteiger partial charge is 0.493 e. The Kier molecular flexibility index (Phi) is 6.54. The number of hydrogen-bond donors (Lipinski definition) is 0. The minimum atomic E-state index is -0.210. The number of methoxy groups -OCH3 is 2. The van der Waals surface area contributed by atoms with Crippen LogP contribution < -0.4 is 14.4 Å². The summed E-state index contributed by atoms with van der Waals surface area (Å²) >= 11 is 0. The van der Waals surface area contributed by atoms with Gasteiger partial charge in [0.15, 0.2) is 11.5 Å². The average molecular weight is 512 g/mol. The van der Waals surface area contributed by atoms with Crippen molar-refractivity contribution in [3.63, 3.8) is 0 Å². The molecule has 2 unspecified atom stereocenters. The van der Waals surface area contributed by atoms with Gasteiger partial charge < -0.3 is 14.4 Å². The minimum absolute atomic E-state index is 0.194. The van der Waals surface area contributed by atoms with Gasteiger partial charge in [0.2, 0.25) is 0 Å². The normalized spacial score (nSPS) is 20.7. The van der Waals surface area contributed by atoms with Gasteiger partial charge in [-0.05, 0) is 54.7 Å². The summed E-state index contributed by atoms with van der Waals surface area (Å²) < 4.78 is 10.7. The summed E-state index contributed by atoms with van der Waals surface area (Å²) in [6, 6.07) is 22.9. The first kappa shape index (κ1) is 24.5. The summed E-state index contributed by atoms with van der Waals surface area (Å²) in [6.07, 6.45) is 2.87. The quantitative estimate of drug-likeness (QED) is 0.418. The lowest BCUT2D eigenvalue weighted by Gasteiger charge is -2.42. The van der Waals surface area contributed by atoms with Crippen molar-refractivity contribution in [3.8, 4) is 11.5 Å². The maximum Gasteiger partial charge on any atom is 0.263 e. The van der Waals surface area contributed by atoms with Crippen molar-refractivity contribution in [3.05, 3.63) is 89.0 Å². The molecule has 7 heteroatoms. The van der Waals surface area contributed by atoms with E-state index in [0.717, 1.165) is 43.7 Å². The number of piperazine rings is 1. The van der Waals surface area contributed by atoms with Crippen molar-refractivity contribution < 1.29 is 19.1 Å². The predicted octanol–water partition coefficient (Wildman–Crippen LogP) is 4.40. The lowest BCUT2D eigenvalue weighted by atomic mass is 10.0. The second kappa shape index (κ2) is 10.1. The molecule has 3 heterocycles. The minimum Gasteiger partial charge on any atom is -0.493 e. The van der Waals surface area contributed by atoms with Crippen LogP contribution in [0.3, 0.4) is 0 Å². The Morgan fingerprint density at radius 3 is 2.24 bits per heavy atom. The van der Waals surface area contributed by atoms with E-state index in [1.165, 1.54) is 10.5 Å². The standard InChI is InChI=1S/C31H33N3O4/c1-37-27-14-11-21(17-28(27)38-2)15-16-33-30(35)25-9-6-10-26(29(25)31(33)36)32-19-23-12-13-24(20-32)34(23)18-22-7-4-3-5-8-22/h3-11,14,17,23-24H,12-13,15-16,18-20H2,1-2H3. The molecule has 2 amide bonds. The fourth-order valence-corrected chi connectivity index (χ4v) is 6.30. The smallest absolute Gasteiger partial charge is 0.263 e. The van der Waals surface area contributed by atoms with Gasteiger partial charge in [0.05, 0.1) is 31.0 Å². The van der Waals surface area contributed by atoms with Crippen LogP contribution in [0.25, 0.3) is 0 Å². The highest BCUT2D eigenvalue weighted by Crippen LogP contribution is 2.38. The summed E-state index contributed by atoms with van der Waals surface area (Å²) in [5.74, 6) is 0.883. The van der Waals surface area contributed by atoms with Crippen molar-refractivity contribution >= 4 is 17.5 Å². The molecule has 3 aromatic carbocycles. The summed E-state index contributed by atoms with van der Waals surface area (Å²) in [6.45, 7) is 3.01. The number of carbonyl (C=O) groups excluding carboxylic acids is 2. The van der Waals surface area contributed by atoms with Crippen molar-refractivity contribution in [1.29, 1.82) is 0 Å². The van der Waals surface area contributed by atoms with Gasteiger partial charge in [-0.1, -0.05) is 42.5 Å². The molecule has 0 saturated carbocycles. The lowest BCUT2D eigenvalue weighted by molar-refractivity contribution is 0.0656. The molecule has 2 saturated heterocycles. The highest BCUT2D eigenvalue weighted by atomic mass is 16.5. The van der Waals surface area contributed by atoms with E-state index in [2.05, 4.69) is 40.1 Å². The number of anilines is 1. The van der Waals surface area contributed by atoms with E-state index in [4.69, 9.17) is 9.47 Å². The maximum atomic E-state index is 13.6. The van der Waals surface area contributed by atoms with Crippen LogP contribution >= 0.6 is 0 Å². The highest BCUT2D eigenvalue weighted by molar-refractivity contribution is 6.23. The molecule has 2 bridgehead atoms. The summed E-state index contributed by atoms with van der Waals surface area (Å²) in [5, 5.41) is 0. The lowest BCUT2D eigenvalue weighted by Crippen LogP contribution is -2.53. The van der Waals surface area contributed by atoms with Gasteiger partial charge >= 0.3 is 0 Å². The molecule has 7 nitrogen and oxygen atoms in total. The van der Waals surface area contributed by atoms with Gasteiger partial charge in [-0.15, -0.1) is 0 Å². The van der Waals surface area contributed by atoms with Crippen LogP contribution in [-0.4, -0.2) is 67.6 Å². The van der Waals surface area contributed by atoms with E-state index in [-0.39, 0.29) is 11.8 Å². The van der Waals surface area contributed by atoms with Crippen molar-refractivity contribution in [1.82, 2.24) is 9.80 Å². The van der Waals surface area contributed by atoms with E-state index in [1.54, 1.807) is 20.3 Å². The van der Waals surface area contributed by atoms with Crippen LogP contribution in [0.15, 0.2) is 66.7 Å². The Labute approximate surface area is 223 Å². The molecule has 2 fully saturated rings. The Bertz CT molecular complexity index is 1340. The first-order chi connectivity index (χ1) is 18.6. The van der Waals surface area contributed by atoms with E-state index >= 15 is 0 Å². The highest BCUT2D eigenvalue weighted by Gasteiger charge is 2.43. The van der Waals surface area contributed by atoms with Crippen molar-refractivity contribution in [2.45, 2.75) is 37.9 Å². The zero-order valence-electron chi connectivity index (χ0n) is 21.9. The van der Waals surface area contributed by atoms with Crippen LogP contribution in [0.4, 0.5) is 5.69 Å². The summed E-state index contributed by atoms with van der Waals surface area (Å²) in [7, 11) is 3.20. The van der Waals surface area contributed by atoms with Gasteiger partial charge in [0.25, 0.3) is 11.8 Å². The third-order valence-electron chi connectivity index (χ3n) is 8.23. The number of imide groups is 1. The molecule has 3 aliphatic heterocycles. The molecular formula is C31H33N3O4. The van der Waals surface area contributed by atoms with E-state index < -0.39 is 0 Å². The number of hydrogen-bond acceptors (Lipinski definition) is 6. The van der Waals surface area contributed by atoms with Crippen LogP contribution in [0.2, 0.25) is 0 Å². The molecule has 0 N–H and O–H groups in total. The molecule has 196 valence electrons. The average Bonchev–Trinajstić information content (AvgIpc) is 3.32. The van der Waals surface area contributed by atoms with E-state index in [0.29, 0.717) is 47.7 Å². The molecule has 2 atom stereocenters. The Morgan fingerprint density at radius 2 is 1.53 bits per heavy atom. The molecule has 3 aromatic rings. The number of carbonyl (C=O) groups is 2. The summed E-state index contributed by atoms with van der Waals surface area (Å²) in [5.41, 5.74) is 4.28. The predicted molar refractivity (Wildman–Crippen MR) is 146 cm³/mol. The van der Waals surface area contributed by atoms with E-state index in [9.17, 15) is 9.59 Å². The first-order valence-corrected chi connectivity index (χ1v) is 13.3.